The highest BCUT2D eigenvalue weighted by molar-refractivity contribution is 5.89. The Morgan fingerprint density at radius 2 is 2.09 bits per heavy atom. The van der Waals surface area contributed by atoms with Crippen LogP contribution in [0.4, 0.5) is 0 Å². The third-order valence-electron chi connectivity index (χ3n) is 3.14. The Morgan fingerprint density at radius 3 is 2.73 bits per heavy atom. The Balaban J connectivity index is 0.000000396. The second-order valence-electron chi connectivity index (χ2n) is 4.59. The maximum absolute atomic E-state index is 11.8. The van der Waals surface area contributed by atoms with Crippen LogP contribution in [-0.2, 0) is 14.2 Å². The molecular formula is C12H14N2O8. The lowest BCUT2D eigenvalue weighted by atomic mass is 10.1. The number of ether oxygens (including phenoxy) is 3. The van der Waals surface area contributed by atoms with Crippen LogP contribution < -0.4 is 0 Å². The quantitative estimate of drug-likeness (QED) is 0.416. The van der Waals surface area contributed by atoms with Gasteiger partial charge < -0.3 is 24.5 Å². The van der Waals surface area contributed by atoms with Gasteiger partial charge in [0.1, 0.15) is 18.3 Å². The van der Waals surface area contributed by atoms with Crippen LogP contribution in [0.1, 0.15) is 10.4 Å². The number of carbonyl (C=O) groups is 1. The van der Waals surface area contributed by atoms with Gasteiger partial charge in [-0.3, -0.25) is 4.98 Å². The molecule has 22 heavy (non-hydrogen) atoms. The van der Waals surface area contributed by atoms with Crippen LogP contribution in [-0.4, -0.2) is 64.0 Å². The summed E-state index contributed by atoms with van der Waals surface area (Å²) in [4.78, 5) is 24.1. The van der Waals surface area contributed by atoms with Crippen molar-refractivity contribution in [2.24, 2.45) is 0 Å². The number of aromatic nitrogens is 1. The summed E-state index contributed by atoms with van der Waals surface area (Å²) in [6, 6.07) is 3.30. The zero-order valence-corrected chi connectivity index (χ0v) is 11.3. The molecule has 0 aromatic carbocycles. The van der Waals surface area contributed by atoms with Crippen molar-refractivity contribution in [2.45, 2.75) is 24.4 Å². The molecule has 2 fully saturated rings. The average Bonchev–Trinajstić information content (AvgIpc) is 3.04. The molecule has 2 saturated heterocycles. The summed E-state index contributed by atoms with van der Waals surface area (Å²) >= 11 is 0. The van der Waals surface area contributed by atoms with E-state index in [2.05, 4.69) is 4.98 Å². The number of nitrogens with zero attached hydrogens (tertiary/aromatic N) is 2. The van der Waals surface area contributed by atoms with Crippen molar-refractivity contribution in [3.63, 3.8) is 0 Å². The maximum Gasteiger partial charge on any atom is 0.340 e. The van der Waals surface area contributed by atoms with Gasteiger partial charge in [-0.25, -0.2) is 4.79 Å². The van der Waals surface area contributed by atoms with Crippen LogP contribution in [0.2, 0.25) is 0 Å². The minimum Gasteiger partial charge on any atom is -0.453 e. The van der Waals surface area contributed by atoms with E-state index in [1.54, 1.807) is 18.3 Å². The molecule has 1 aromatic rings. The SMILES string of the molecule is O=C(OC1COC2C(O)COC12)c1cccnc1.O=[N+]([O-])O. The van der Waals surface area contributed by atoms with Crippen molar-refractivity contribution >= 4 is 5.97 Å². The van der Waals surface area contributed by atoms with Gasteiger partial charge in [0.25, 0.3) is 5.09 Å². The first-order valence-electron chi connectivity index (χ1n) is 6.34. The fourth-order valence-corrected chi connectivity index (χ4v) is 2.23. The Bertz CT molecular complexity index is 521. The van der Waals surface area contributed by atoms with Gasteiger partial charge in [-0.1, -0.05) is 0 Å². The number of pyridine rings is 1. The van der Waals surface area contributed by atoms with E-state index in [1.807, 2.05) is 0 Å². The largest absolute Gasteiger partial charge is 0.453 e. The molecule has 1 aromatic heterocycles. The van der Waals surface area contributed by atoms with E-state index in [0.29, 0.717) is 5.56 Å². The molecule has 0 saturated carbocycles. The number of carbonyl (C=O) groups excluding carboxylic acids is 1. The molecule has 2 N–H and O–H groups in total. The second-order valence-corrected chi connectivity index (χ2v) is 4.59. The molecule has 10 heteroatoms. The monoisotopic (exact) mass is 314 g/mol. The Labute approximate surface area is 124 Å². The van der Waals surface area contributed by atoms with E-state index in [0.717, 1.165) is 0 Å². The van der Waals surface area contributed by atoms with Crippen LogP contribution in [0.25, 0.3) is 0 Å². The fraction of sp³-hybridized carbons (Fsp3) is 0.500. The van der Waals surface area contributed by atoms with Gasteiger partial charge in [-0.2, -0.15) is 0 Å². The lowest BCUT2D eigenvalue weighted by molar-refractivity contribution is -0.742. The first-order chi connectivity index (χ1) is 10.5. The molecule has 0 aliphatic carbocycles. The minimum atomic E-state index is -1.50. The summed E-state index contributed by atoms with van der Waals surface area (Å²) < 4.78 is 16.1. The molecule has 4 atom stereocenters. The molecule has 4 unspecified atom stereocenters. The van der Waals surface area contributed by atoms with Crippen LogP contribution in [0, 0.1) is 10.1 Å². The number of rotatable bonds is 2. The van der Waals surface area contributed by atoms with E-state index in [9.17, 15) is 9.90 Å². The predicted octanol–water partition coefficient (Wildman–Crippen LogP) is -0.582. The van der Waals surface area contributed by atoms with E-state index in [4.69, 9.17) is 29.5 Å². The van der Waals surface area contributed by atoms with Crippen molar-refractivity contribution < 1.29 is 34.4 Å². The fourth-order valence-electron chi connectivity index (χ4n) is 2.23. The first kappa shape index (κ1) is 16.1. The number of hydrogen-bond donors (Lipinski definition) is 2. The first-order valence-corrected chi connectivity index (χ1v) is 6.34. The Morgan fingerprint density at radius 1 is 1.41 bits per heavy atom. The standard InChI is InChI=1S/C12H13NO5.HNO3/c14-8-5-16-11-9(6-17-10(8)11)18-12(15)7-2-1-3-13-4-7;2-1(3)4/h1-4,8-11,14H,5-6H2;(H,2,3,4). The second kappa shape index (κ2) is 7.11. The third kappa shape index (κ3) is 3.87. The highest BCUT2D eigenvalue weighted by Gasteiger charge is 2.48. The number of fused-ring (bicyclic) bond motifs is 1. The molecule has 3 heterocycles. The molecule has 0 amide bonds. The molecule has 10 nitrogen and oxygen atoms in total. The predicted molar refractivity (Wildman–Crippen MR) is 67.7 cm³/mol. The van der Waals surface area contributed by atoms with Gasteiger partial charge >= 0.3 is 5.97 Å². The van der Waals surface area contributed by atoms with Crippen molar-refractivity contribution in [3.05, 3.63) is 40.2 Å². The Kier molecular flexibility index (Phi) is 5.20. The summed E-state index contributed by atoms with van der Waals surface area (Å²) in [6.07, 6.45) is 1.15. The van der Waals surface area contributed by atoms with Gasteiger partial charge in [-0.15, -0.1) is 10.1 Å². The normalized spacial score (nSPS) is 29.1. The number of aliphatic hydroxyl groups excluding tert-OH is 1. The van der Waals surface area contributed by atoms with Crippen LogP contribution in [0.3, 0.4) is 0 Å². The van der Waals surface area contributed by atoms with Gasteiger partial charge in [0.2, 0.25) is 0 Å². The molecule has 2 aliphatic rings. The smallest absolute Gasteiger partial charge is 0.340 e. The number of aliphatic hydroxyl groups is 1. The number of hydrogen-bond acceptors (Lipinski definition) is 8. The topological polar surface area (TPSA) is 141 Å². The van der Waals surface area contributed by atoms with Crippen LogP contribution in [0.15, 0.2) is 24.5 Å². The molecule has 0 spiro atoms. The van der Waals surface area contributed by atoms with Crippen molar-refractivity contribution in [3.8, 4) is 0 Å². The summed E-state index contributed by atoms with van der Waals surface area (Å²) in [5, 5.41) is 23.2. The lowest BCUT2D eigenvalue weighted by Crippen LogP contribution is -2.34. The van der Waals surface area contributed by atoms with Crippen molar-refractivity contribution in [1.29, 1.82) is 0 Å². The van der Waals surface area contributed by atoms with E-state index in [-0.39, 0.29) is 19.3 Å². The summed E-state index contributed by atoms with van der Waals surface area (Å²) in [7, 11) is 0. The van der Waals surface area contributed by atoms with Gasteiger partial charge in [0.15, 0.2) is 6.10 Å². The summed E-state index contributed by atoms with van der Waals surface area (Å²) in [5.41, 5.74) is 0.388. The molecule has 3 rings (SSSR count). The van der Waals surface area contributed by atoms with Crippen molar-refractivity contribution in [1.82, 2.24) is 4.98 Å². The van der Waals surface area contributed by atoms with E-state index in [1.165, 1.54) is 6.20 Å². The molecule has 2 aliphatic heterocycles. The molecule has 120 valence electrons. The summed E-state index contributed by atoms with van der Waals surface area (Å²) in [5.74, 6) is -0.456. The third-order valence-corrected chi connectivity index (χ3v) is 3.14. The summed E-state index contributed by atoms with van der Waals surface area (Å²) in [6.45, 7) is 0.467. The highest BCUT2D eigenvalue weighted by Crippen LogP contribution is 2.29. The minimum absolute atomic E-state index is 0.219. The maximum atomic E-state index is 11.8. The molecule has 0 bridgehead atoms. The van der Waals surface area contributed by atoms with E-state index < -0.39 is 29.4 Å². The zero-order chi connectivity index (χ0) is 16.1. The highest BCUT2D eigenvalue weighted by atomic mass is 16.9. The molecular weight excluding hydrogens is 300 g/mol. The van der Waals surface area contributed by atoms with Gasteiger partial charge in [0.05, 0.1) is 18.8 Å². The van der Waals surface area contributed by atoms with Crippen molar-refractivity contribution in [2.75, 3.05) is 13.2 Å². The van der Waals surface area contributed by atoms with Gasteiger partial charge in [0, 0.05) is 12.4 Å². The Hall–Kier alpha value is -2.30. The van der Waals surface area contributed by atoms with E-state index >= 15 is 0 Å². The van der Waals surface area contributed by atoms with Crippen LogP contribution >= 0.6 is 0 Å². The molecule has 0 radical (unpaired) electrons. The average molecular weight is 314 g/mol. The van der Waals surface area contributed by atoms with Gasteiger partial charge in [-0.05, 0) is 12.1 Å². The lowest BCUT2D eigenvalue weighted by Gasteiger charge is -2.16. The zero-order valence-electron chi connectivity index (χ0n) is 11.3. The number of esters is 1. The van der Waals surface area contributed by atoms with Crippen LogP contribution in [0.5, 0.6) is 0 Å².